The number of fused-ring (bicyclic) bond motifs is 1. The second-order valence-corrected chi connectivity index (χ2v) is 8.42. The molecule has 1 saturated heterocycles. The predicted molar refractivity (Wildman–Crippen MR) is 112 cm³/mol. The largest absolute Gasteiger partial charge is 0.497 e. The van der Waals surface area contributed by atoms with Gasteiger partial charge in [0.1, 0.15) is 17.5 Å². The molecule has 0 unspecified atom stereocenters. The van der Waals surface area contributed by atoms with Gasteiger partial charge in [0.15, 0.2) is 0 Å². The summed E-state index contributed by atoms with van der Waals surface area (Å²) >= 11 is 1.58. The molecule has 0 bridgehead atoms. The summed E-state index contributed by atoms with van der Waals surface area (Å²) in [5, 5.41) is 2.85. The lowest BCUT2D eigenvalue weighted by molar-refractivity contribution is -0.146. The molecule has 1 aliphatic carbocycles. The molecule has 8 heteroatoms. The first-order valence-corrected chi connectivity index (χ1v) is 11.3. The number of carbonyl (C=O) groups excluding carboxylic acids is 3. The van der Waals surface area contributed by atoms with E-state index in [2.05, 4.69) is 5.32 Å². The van der Waals surface area contributed by atoms with Crippen molar-refractivity contribution in [1.82, 2.24) is 4.90 Å². The Morgan fingerprint density at radius 1 is 1.10 bits per heavy atom. The van der Waals surface area contributed by atoms with E-state index in [1.54, 1.807) is 30.0 Å². The van der Waals surface area contributed by atoms with Gasteiger partial charge in [-0.15, -0.1) is 0 Å². The third-order valence-corrected chi connectivity index (χ3v) is 6.35. The minimum Gasteiger partial charge on any atom is -0.497 e. The van der Waals surface area contributed by atoms with Crippen molar-refractivity contribution in [1.29, 1.82) is 0 Å². The van der Waals surface area contributed by atoms with Crippen LogP contribution < -0.4 is 14.8 Å². The fourth-order valence-electron chi connectivity index (χ4n) is 4.21. The van der Waals surface area contributed by atoms with E-state index >= 15 is 0 Å². The van der Waals surface area contributed by atoms with Gasteiger partial charge in [-0.05, 0) is 31.3 Å². The van der Waals surface area contributed by atoms with Gasteiger partial charge in [0.25, 0.3) is 0 Å². The van der Waals surface area contributed by atoms with Crippen molar-refractivity contribution in [2.75, 3.05) is 31.5 Å². The van der Waals surface area contributed by atoms with E-state index in [9.17, 15) is 14.4 Å². The normalized spacial score (nSPS) is 22.2. The van der Waals surface area contributed by atoms with Crippen molar-refractivity contribution < 1.29 is 23.9 Å². The molecule has 7 nitrogen and oxygen atoms in total. The number of hydrogen-bond donors (Lipinski definition) is 1. The molecule has 1 heterocycles. The summed E-state index contributed by atoms with van der Waals surface area (Å²) in [5.74, 6) is 0.476. The number of anilines is 1. The average molecular weight is 421 g/mol. The molecule has 1 aromatic rings. The molecule has 0 aromatic heterocycles. The third-order valence-electron chi connectivity index (χ3n) is 5.70. The molecular formula is C21H28N2O5S. The van der Waals surface area contributed by atoms with Crippen LogP contribution >= 0.6 is 11.8 Å². The first-order chi connectivity index (χ1) is 14.0. The van der Waals surface area contributed by atoms with Gasteiger partial charge >= 0.3 is 0 Å². The lowest BCUT2D eigenvalue weighted by Gasteiger charge is -2.26. The monoisotopic (exact) mass is 420 g/mol. The van der Waals surface area contributed by atoms with Gasteiger partial charge in [0, 0.05) is 23.9 Å². The number of rotatable bonds is 8. The molecule has 2 fully saturated rings. The van der Waals surface area contributed by atoms with Crippen LogP contribution in [-0.4, -0.2) is 54.9 Å². The molecule has 0 spiro atoms. The number of thioether (sulfide) groups is 1. The Hall–Kier alpha value is -2.22. The molecule has 158 valence electrons. The number of carbonyl (C=O) groups is 3. The van der Waals surface area contributed by atoms with Crippen LogP contribution in [0.2, 0.25) is 0 Å². The smallest absolute Gasteiger partial charge is 0.247 e. The Kier molecular flexibility index (Phi) is 7.05. The third kappa shape index (κ3) is 4.52. The number of nitrogens with one attached hydrogen (secondary N) is 1. The van der Waals surface area contributed by atoms with Gasteiger partial charge in [-0.25, -0.2) is 0 Å². The highest BCUT2D eigenvalue weighted by Crippen LogP contribution is 2.39. The van der Waals surface area contributed by atoms with E-state index in [1.807, 2.05) is 6.26 Å². The summed E-state index contributed by atoms with van der Waals surface area (Å²) in [4.78, 5) is 40.4. The minimum atomic E-state index is -0.815. The fourth-order valence-corrected chi connectivity index (χ4v) is 4.67. The summed E-state index contributed by atoms with van der Waals surface area (Å²) in [6.45, 7) is 0. The van der Waals surface area contributed by atoms with Crippen LogP contribution in [0.15, 0.2) is 18.2 Å². The molecule has 1 aliphatic heterocycles. The van der Waals surface area contributed by atoms with Crippen LogP contribution in [0, 0.1) is 11.8 Å². The van der Waals surface area contributed by atoms with Gasteiger partial charge in [0.2, 0.25) is 17.7 Å². The van der Waals surface area contributed by atoms with Crippen LogP contribution in [0.4, 0.5) is 5.69 Å². The summed E-state index contributed by atoms with van der Waals surface area (Å²) < 4.78 is 10.5. The number of ether oxygens (including phenoxy) is 2. The number of hydrogen-bond acceptors (Lipinski definition) is 6. The molecule has 1 aromatic carbocycles. The zero-order chi connectivity index (χ0) is 21.0. The van der Waals surface area contributed by atoms with E-state index in [4.69, 9.17) is 9.47 Å². The van der Waals surface area contributed by atoms with Gasteiger partial charge in [-0.2, -0.15) is 11.8 Å². The van der Waals surface area contributed by atoms with E-state index in [1.165, 1.54) is 19.1 Å². The molecule has 3 amide bonds. The SMILES string of the molecule is COc1cc(NC(=O)[C@H](CCSC)N2C(=O)[C@H]3CCCC[C@@H]3C2=O)cc(OC)c1. The molecule has 29 heavy (non-hydrogen) atoms. The summed E-state index contributed by atoms with van der Waals surface area (Å²) in [5.41, 5.74) is 0.497. The second kappa shape index (κ2) is 9.52. The first kappa shape index (κ1) is 21.5. The minimum absolute atomic E-state index is 0.191. The number of amides is 3. The summed E-state index contributed by atoms with van der Waals surface area (Å²) in [6, 6.07) is 4.25. The maximum Gasteiger partial charge on any atom is 0.247 e. The quantitative estimate of drug-likeness (QED) is 0.651. The number of benzene rings is 1. The Labute approximate surface area is 175 Å². The number of methoxy groups -OCH3 is 2. The zero-order valence-electron chi connectivity index (χ0n) is 17.1. The lowest BCUT2D eigenvalue weighted by atomic mass is 9.81. The van der Waals surface area contributed by atoms with Gasteiger partial charge < -0.3 is 14.8 Å². The highest BCUT2D eigenvalue weighted by atomic mass is 32.2. The number of nitrogens with zero attached hydrogens (tertiary/aromatic N) is 1. The zero-order valence-corrected chi connectivity index (χ0v) is 17.9. The van der Waals surface area contributed by atoms with E-state index in [-0.39, 0.29) is 29.6 Å². The highest BCUT2D eigenvalue weighted by molar-refractivity contribution is 7.98. The molecule has 3 rings (SSSR count). The van der Waals surface area contributed by atoms with Crippen molar-refractivity contribution in [2.45, 2.75) is 38.1 Å². The van der Waals surface area contributed by atoms with Crippen LogP contribution in [0.5, 0.6) is 11.5 Å². The maximum atomic E-state index is 13.2. The van der Waals surface area contributed by atoms with Crippen molar-refractivity contribution in [3.8, 4) is 11.5 Å². The molecule has 2 aliphatic rings. The Balaban J connectivity index is 1.84. The van der Waals surface area contributed by atoms with Gasteiger partial charge in [0.05, 0.1) is 26.1 Å². The van der Waals surface area contributed by atoms with Crippen LogP contribution in [0.1, 0.15) is 32.1 Å². The fraction of sp³-hybridized carbons (Fsp3) is 0.571. The Morgan fingerprint density at radius 3 is 2.14 bits per heavy atom. The summed E-state index contributed by atoms with van der Waals surface area (Å²) in [7, 11) is 3.07. The number of imide groups is 1. The predicted octanol–water partition coefficient (Wildman–Crippen LogP) is 2.94. The summed E-state index contributed by atoms with van der Waals surface area (Å²) in [6.07, 6.45) is 5.74. The van der Waals surface area contributed by atoms with Crippen molar-refractivity contribution in [3.63, 3.8) is 0 Å². The van der Waals surface area contributed by atoms with Gasteiger partial charge in [-0.3, -0.25) is 19.3 Å². The Morgan fingerprint density at radius 2 is 1.66 bits per heavy atom. The topological polar surface area (TPSA) is 84.9 Å². The standard InChI is InChI=1S/C21H28N2O5S/c1-27-14-10-13(11-15(12-14)28-2)22-19(24)18(8-9-29-3)23-20(25)16-6-4-5-7-17(16)21(23)26/h10-12,16-18H,4-9H2,1-3H3,(H,22,24)/t16-,17-,18-/m0/s1. The van der Waals surface area contributed by atoms with Crippen LogP contribution in [-0.2, 0) is 14.4 Å². The average Bonchev–Trinajstić information content (AvgIpc) is 2.99. The lowest BCUT2D eigenvalue weighted by Crippen LogP contribution is -2.48. The maximum absolute atomic E-state index is 13.2. The van der Waals surface area contributed by atoms with Crippen molar-refractivity contribution in [3.05, 3.63) is 18.2 Å². The molecule has 1 saturated carbocycles. The number of likely N-dealkylation sites (tertiary alicyclic amines) is 1. The molecular weight excluding hydrogens is 392 g/mol. The molecule has 3 atom stereocenters. The van der Waals surface area contributed by atoms with E-state index < -0.39 is 6.04 Å². The molecule has 0 radical (unpaired) electrons. The van der Waals surface area contributed by atoms with Crippen molar-refractivity contribution >= 4 is 35.2 Å². The Bertz CT molecular complexity index is 738. The highest BCUT2D eigenvalue weighted by Gasteiger charge is 2.51. The van der Waals surface area contributed by atoms with Gasteiger partial charge in [-0.1, -0.05) is 12.8 Å². The first-order valence-electron chi connectivity index (χ1n) is 9.90. The van der Waals surface area contributed by atoms with Crippen LogP contribution in [0.3, 0.4) is 0 Å². The van der Waals surface area contributed by atoms with E-state index in [0.717, 1.165) is 25.7 Å². The molecule has 1 N–H and O–H groups in total. The van der Waals surface area contributed by atoms with E-state index in [0.29, 0.717) is 29.4 Å². The van der Waals surface area contributed by atoms with Crippen LogP contribution in [0.25, 0.3) is 0 Å². The van der Waals surface area contributed by atoms with Crippen molar-refractivity contribution in [2.24, 2.45) is 11.8 Å². The second-order valence-electron chi connectivity index (χ2n) is 7.43.